The molecule has 0 fully saturated rings. The van der Waals surface area contributed by atoms with Crippen molar-refractivity contribution in [1.29, 1.82) is 0 Å². The summed E-state index contributed by atoms with van der Waals surface area (Å²) in [6, 6.07) is 0.838. The van der Waals surface area contributed by atoms with Crippen molar-refractivity contribution in [3.8, 4) is 5.88 Å². The van der Waals surface area contributed by atoms with Crippen LogP contribution in [0.5, 0.6) is 5.88 Å². The highest BCUT2D eigenvalue weighted by Gasteiger charge is 2.16. The maximum atomic E-state index is 11.5. The van der Waals surface area contributed by atoms with Crippen LogP contribution in [0.1, 0.15) is 12.6 Å². The molecule has 0 spiro atoms. The van der Waals surface area contributed by atoms with E-state index in [4.69, 9.17) is 0 Å². The molecule has 1 N–H and O–H groups in total. The third-order valence-corrected chi connectivity index (χ3v) is 2.03. The van der Waals surface area contributed by atoms with E-state index >= 15 is 0 Å². The molecular weight excluding hydrogens is 234 g/mol. The van der Waals surface area contributed by atoms with Gasteiger partial charge in [-0.3, -0.25) is 0 Å². The predicted molar refractivity (Wildman–Crippen MR) is 56.9 cm³/mol. The van der Waals surface area contributed by atoms with Crippen molar-refractivity contribution < 1.29 is 17.4 Å². The van der Waals surface area contributed by atoms with Crippen LogP contribution in [0, 0.1) is 6.92 Å². The van der Waals surface area contributed by atoms with Crippen LogP contribution in [-0.4, -0.2) is 37.0 Å². The topological polar surface area (TPSA) is 90.3 Å². The minimum absolute atomic E-state index is 0.119. The second-order valence-corrected chi connectivity index (χ2v) is 4.73. The summed E-state index contributed by atoms with van der Waals surface area (Å²) in [6.07, 6.45) is 0.900. The van der Waals surface area contributed by atoms with Crippen molar-refractivity contribution in [3.63, 3.8) is 0 Å². The monoisotopic (exact) mass is 247 g/mol. The van der Waals surface area contributed by atoms with Gasteiger partial charge in [-0.2, -0.15) is 13.5 Å². The predicted octanol–water partition coefficient (Wildman–Crippen LogP) is 0.108. The van der Waals surface area contributed by atoms with Gasteiger partial charge in [-0.15, -0.1) is 4.68 Å². The largest absolute Gasteiger partial charge is 0.362 e. The average molecular weight is 247 g/mol. The molecule has 0 aliphatic heterocycles. The van der Waals surface area contributed by atoms with E-state index in [1.165, 1.54) is 6.07 Å². The third-order valence-electron chi connectivity index (χ3n) is 1.56. The number of hydrogen-bond donors (Lipinski definition) is 1. The van der Waals surface area contributed by atoms with Crippen molar-refractivity contribution in [3.05, 3.63) is 11.8 Å². The minimum Gasteiger partial charge on any atom is -0.362 e. The third kappa shape index (κ3) is 3.23. The molecule has 0 radical (unpaired) electrons. The van der Waals surface area contributed by atoms with Gasteiger partial charge in [0.15, 0.2) is 0 Å². The van der Waals surface area contributed by atoms with E-state index in [2.05, 4.69) is 14.6 Å². The molecule has 0 bridgehead atoms. The van der Waals surface area contributed by atoms with Crippen LogP contribution in [0.25, 0.3) is 0 Å². The summed E-state index contributed by atoms with van der Waals surface area (Å²) < 4.78 is 27.4. The summed E-state index contributed by atoms with van der Waals surface area (Å²) in [5, 5.41) is 6.32. The van der Waals surface area contributed by atoms with Gasteiger partial charge in [-0.1, -0.05) is 0 Å². The summed E-state index contributed by atoms with van der Waals surface area (Å²) in [6.45, 7) is 3.78. The standard InChI is InChI=1S/C8H13N3O4S/c1-4-9-8(12)11-7(5-6(2)10-11)15-16(3,13)14/h5H,4H2,1-3H3,(H,9,12). The van der Waals surface area contributed by atoms with E-state index in [-0.39, 0.29) is 5.88 Å². The molecule has 0 aliphatic rings. The molecule has 90 valence electrons. The van der Waals surface area contributed by atoms with Crippen LogP contribution in [-0.2, 0) is 10.1 Å². The van der Waals surface area contributed by atoms with E-state index in [1.807, 2.05) is 0 Å². The Bertz CT molecular complexity index is 491. The molecule has 0 saturated heterocycles. The van der Waals surface area contributed by atoms with Crippen LogP contribution in [0.15, 0.2) is 6.07 Å². The summed E-state index contributed by atoms with van der Waals surface area (Å²) in [5.74, 6) is -0.119. The van der Waals surface area contributed by atoms with Crippen LogP contribution >= 0.6 is 0 Å². The number of nitrogens with zero attached hydrogens (tertiary/aromatic N) is 2. The number of hydrogen-bond acceptors (Lipinski definition) is 5. The molecule has 8 heteroatoms. The molecule has 1 heterocycles. The number of amides is 1. The zero-order valence-electron chi connectivity index (χ0n) is 9.22. The van der Waals surface area contributed by atoms with Crippen molar-refractivity contribution in [2.75, 3.05) is 12.8 Å². The van der Waals surface area contributed by atoms with Gasteiger partial charge in [-0.25, -0.2) is 4.79 Å². The van der Waals surface area contributed by atoms with E-state index in [1.54, 1.807) is 13.8 Å². The van der Waals surface area contributed by atoms with Crippen molar-refractivity contribution in [2.45, 2.75) is 13.8 Å². The van der Waals surface area contributed by atoms with Crippen LogP contribution in [0.3, 0.4) is 0 Å². The van der Waals surface area contributed by atoms with Gasteiger partial charge in [0.05, 0.1) is 11.9 Å². The quantitative estimate of drug-likeness (QED) is 0.765. The average Bonchev–Trinajstić information content (AvgIpc) is 2.44. The first-order valence-electron chi connectivity index (χ1n) is 4.58. The lowest BCUT2D eigenvalue weighted by Gasteiger charge is -2.05. The number of rotatable bonds is 3. The van der Waals surface area contributed by atoms with E-state index in [0.717, 1.165) is 10.9 Å². The van der Waals surface area contributed by atoms with Gasteiger partial charge < -0.3 is 9.50 Å². The lowest BCUT2D eigenvalue weighted by Crippen LogP contribution is -2.30. The highest BCUT2D eigenvalue weighted by molar-refractivity contribution is 7.86. The van der Waals surface area contributed by atoms with Crippen molar-refractivity contribution >= 4 is 16.1 Å². The fourth-order valence-corrected chi connectivity index (χ4v) is 1.49. The molecule has 0 saturated carbocycles. The van der Waals surface area contributed by atoms with Gasteiger partial charge in [0.25, 0.3) is 0 Å². The van der Waals surface area contributed by atoms with Crippen LogP contribution in [0.4, 0.5) is 4.79 Å². The van der Waals surface area contributed by atoms with Crippen molar-refractivity contribution in [2.24, 2.45) is 0 Å². The van der Waals surface area contributed by atoms with Gasteiger partial charge in [-0.05, 0) is 13.8 Å². The second kappa shape index (κ2) is 4.52. The molecule has 0 aromatic carbocycles. The smallest absolute Gasteiger partial charge is 0.345 e. The first-order valence-corrected chi connectivity index (χ1v) is 6.39. The van der Waals surface area contributed by atoms with E-state index in [0.29, 0.717) is 12.2 Å². The molecule has 1 aromatic rings. The normalized spacial score (nSPS) is 11.2. The maximum Gasteiger partial charge on any atom is 0.345 e. The fraction of sp³-hybridized carbons (Fsp3) is 0.500. The molecular formula is C8H13N3O4S. The molecule has 0 atom stereocenters. The van der Waals surface area contributed by atoms with Crippen LogP contribution in [0.2, 0.25) is 0 Å². The molecule has 1 amide bonds. The summed E-state index contributed by atoms with van der Waals surface area (Å²) in [5.41, 5.74) is 0.491. The zero-order valence-corrected chi connectivity index (χ0v) is 10.0. The first-order chi connectivity index (χ1) is 7.33. The van der Waals surface area contributed by atoms with Crippen LogP contribution < -0.4 is 9.50 Å². The number of carbonyl (C=O) groups excluding carboxylic acids is 1. The van der Waals surface area contributed by atoms with Gasteiger partial charge in [0, 0.05) is 12.6 Å². The van der Waals surface area contributed by atoms with Gasteiger partial charge in [0.2, 0.25) is 5.88 Å². The minimum atomic E-state index is -3.68. The Labute approximate surface area is 93.5 Å². The first kappa shape index (κ1) is 12.5. The summed E-state index contributed by atoms with van der Waals surface area (Å²) in [7, 11) is -3.68. The molecule has 0 unspecified atom stereocenters. The Morgan fingerprint density at radius 1 is 1.62 bits per heavy atom. The SMILES string of the molecule is CCNC(=O)n1nc(C)cc1OS(C)(=O)=O. The molecule has 0 aliphatic carbocycles. The Morgan fingerprint density at radius 3 is 2.75 bits per heavy atom. The maximum absolute atomic E-state index is 11.5. The van der Waals surface area contributed by atoms with E-state index in [9.17, 15) is 13.2 Å². The second-order valence-electron chi connectivity index (χ2n) is 3.16. The lowest BCUT2D eigenvalue weighted by molar-refractivity contribution is 0.238. The zero-order chi connectivity index (χ0) is 12.3. The summed E-state index contributed by atoms with van der Waals surface area (Å²) >= 11 is 0. The Hall–Kier alpha value is -1.57. The molecule has 1 aromatic heterocycles. The fourth-order valence-electron chi connectivity index (χ4n) is 1.06. The number of carbonyl (C=O) groups is 1. The molecule has 16 heavy (non-hydrogen) atoms. The molecule has 1 rings (SSSR count). The Morgan fingerprint density at radius 2 is 2.25 bits per heavy atom. The Balaban J connectivity index is 3.05. The molecule has 7 nitrogen and oxygen atoms in total. The van der Waals surface area contributed by atoms with Gasteiger partial charge in [0.1, 0.15) is 0 Å². The van der Waals surface area contributed by atoms with Gasteiger partial charge >= 0.3 is 16.1 Å². The lowest BCUT2D eigenvalue weighted by atomic mass is 10.5. The van der Waals surface area contributed by atoms with Crippen molar-refractivity contribution in [1.82, 2.24) is 15.1 Å². The highest BCUT2D eigenvalue weighted by atomic mass is 32.2. The summed E-state index contributed by atoms with van der Waals surface area (Å²) in [4.78, 5) is 11.5. The number of aromatic nitrogens is 2. The highest BCUT2D eigenvalue weighted by Crippen LogP contribution is 2.14. The Kier molecular flexibility index (Phi) is 3.53. The number of nitrogens with one attached hydrogen (secondary N) is 1. The number of aryl methyl sites for hydroxylation is 1. The van der Waals surface area contributed by atoms with E-state index < -0.39 is 16.1 Å².